The molecule has 126 valence electrons. The first-order valence-corrected chi connectivity index (χ1v) is 8.22. The molecule has 1 aliphatic heterocycles. The lowest BCUT2D eigenvalue weighted by Crippen LogP contribution is -2.51. The SMILES string of the molecule is Cn1cccc1C(=O)N1CC(n2cc(C(=O)NCC3CC3)nn2)C1. The van der Waals surface area contributed by atoms with Crippen LogP contribution in [0.5, 0.6) is 0 Å². The Hall–Kier alpha value is -2.64. The van der Waals surface area contributed by atoms with Gasteiger partial charge in [0.1, 0.15) is 5.69 Å². The molecule has 2 amide bonds. The zero-order chi connectivity index (χ0) is 16.7. The summed E-state index contributed by atoms with van der Waals surface area (Å²) >= 11 is 0. The predicted octanol–water partition coefficient (Wildman–Crippen LogP) is 0.453. The van der Waals surface area contributed by atoms with Gasteiger partial charge in [-0.15, -0.1) is 5.10 Å². The van der Waals surface area contributed by atoms with Crippen LogP contribution in [0.3, 0.4) is 0 Å². The van der Waals surface area contributed by atoms with Gasteiger partial charge >= 0.3 is 0 Å². The molecule has 1 aliphatic carbocycles. The first kappa shape index (κ1) is 14.9. The molecular weight excluding hydrogens is 308 g/mol. The van der Waals surface area contributed by atoms with Crippen molar-refractivity contribution in [1.82, 2.24) is 29.8 Å². The second-order valence-electron chi connectivity index (χ2n) is 6.61. The Morgan fingerprint density at radius 2 is 2.12 bits per heavy atom. The summed E-state index contributed by atoms with van der Waals surface area (Å²) in [6.07, 6.45) is 5.91. The molecule has 8 nitrogen and oxygen atoms in total. The molecule has 8 heteroatoms. The van der Waals surface area contributed by atoms with E-state index in [0.29, 0.717) is 36.9 Å². The maximum atomic E-state index is 12.3. The number of aryl methyl sites for hydroxylation is 1. The van der Waals surface area contributed by atoms with Gasteiger partial charge < -0.3 is 14.8 Å². The van der Waals surface area contributed by atoms with Crippen molar-refractivity contribution >= 4 is 11.8 Å². The Morgan fingerprint density at radius 1 is 1.33 bits per heavy atom. The number of carbonyl (C=O) groups is 2. The number of nitrogens with zero attached hydrogens (tertiary/aromatic N) is 5. The monoisotopic (exact) mass is 328 g/mol. The molecule has 2 fully saturated rings. The van der Waals surface area contributed by atoms with Crippen LogP contribution in [-0.2, 0) is 7.05 Å². The first-order valence-electron chi connectivity index (χ1n) is 8.22. The van der Waals surface area contributed by atoms with Crippen molar-refractivity contribution in [3.8, 4) is 0 Å². The van der Waals surface area contributed by atoms with Crippen LogP contribution in [0.4, 0.5) is 0 Å². The molecule has 0 spiro atoms. The van der Waals surface area contributed by atoms with Crippen molar-refractivity contribution in [2.24, 2.45) is 13.0 Å². The van der Waals surface area contributed by atoms with Crippen molar-refractivity contribution in [2.45, 2.75) is 18.9 Å². The van der Waals surface area contributed by atoms with Crippen LogP contribution < -0.4 is 5.32 Å². The van der Waals surface area contributed by atoms with Crippen molar-refractivity contribution in [2.75, 3.05) is 19.6 Å². The van der Waals surface area contributed by atoms with E-state index in [1.54, 1.807) is 15.8 Å². The van der Waals surface area contributed by atoms with Gasteiger partial charge in [-0.25, -0.2) is 4.68 Å². The fourth-order valence-corrected chi connectivity index (χ4v) is 2.84. The third-order valence-electron chi connectivity index (χ3n) is 4.68. The summed E-state index contributed by atoms with van der Waals surface area (Å²) in [5.41, 5.74) is 1.01. The van der Waals surface area contributed by atoms with E-state index in [0.717, 1.165) is 0 Å². The number of aromatic nitrogens is 4. The van der Waals surface area contributed by atoms with Crippen LogP contribution in [0.1, 0.15) is 39.9 Å². The summed E-state index contributed by atoms with van der Waals surface area (Å²) in [7, 11) is 1.86. The van der Waals surface area contributed by atoms with Crippen molar-refractivity contribution in [1.29, 1.82) is 0 Å². The smallest absolute Gasteiger partial charge is 0.273 e. The average molecular weight is 328 g/mol. The van der Waals surface area contributed by atoms with Crippen molar-refractivity contribution < 1.29 is 9.59 Å². The van der Waals surface area contributed by atoms with Gasteiger partial charge in [0, 0.05) is 32.9 Å². The highest BCUT2D eigenvalue weighted by molar-refractivity contribution is 5.93. The van der Waals surface area contributed by atoms with Gasteiger partial charge in [0.25, 0.3) is 11.8 Å². The Morgan fingerprint density at radius 3 is 2.79 bits per heavy atom. The molecule has 0 unspecified atom stereocenters. The highest BCUT2D eigenvalue weighted by Crippen LogP contribution is 2.27. The molecule has 1 saturated carbocycles. The van der Waals surface area contributed by atoms with E-state index in [9.17, 15) is 9.59 Å². The van der Waals surface area contributed by atoms with Crippen LogP contribution in [0.25, 0.3) is 0 Å². The zero-order valence-electron chi connectivity index (χ0n) is 13.6. The summed E-state index contributed by atoms with van der Waals surface area (Å²) in [5.74, 6) is 0.471. The molecule has 2 aliphatic rings. The number of carbonyl (C=O) groups excluding carboxylic acids is 2. The van der Waals surface area contributed by atoms with Gasteiger partial charge in [0.05, 0.1) is 12.2 Å². The first-order chi connectivity index (χ1) is 11.6. The number of likely N-dealkylation sites (tertiary alicyclic amines) is 1. The van der Waals surface area contributed by atoms with Crippen molar-refractivity contribution in [3.63, 3.8) is 0 Å². The van der Waals surface area contributed by atoms with E-state index in [1.165, 1.54) is 12.8 Å². The highest BCUT2D eigenvalue weighted by atomic mass is 16.2. The normalized spacial score (nSPS) is 17.6. The summed E-state index contributed by atoms with van der Waals surface area (Å²) in [4.78, 5) is 26.1. The Balaban J connectivity index is 1.33. The molecule has 3 heterocycles. The zero-order valence-corrected chi connectivity index (χ0v) is 13.6. The predicted molar refractivity (Wildman–Crippen MR) is 85.4 cm³/mol. The standard InChI is InChI=1S/C16H20N6O2/c1-20-6-2-3-14(20)16(24)21-8-12(9-21)22-10-13(18-19-22)15(23)17-7-11-4-5-11/h2-3,6,10-12H,4-5,7-9H2,1H3,(H,17,23). The van der Waals surface area contributed by atoms with Crippen LogP contribution >= 0.6 is 0 Å². The van der Waals surface area contributed by atoms with Crippen LogP contribution in [0.2, 0.25) is 0 Å². The van der Waals surface area contributed by atoms with Gasteiger partial charge in [-0.1, -0.05) is 5.21 Å². The van der Waals surface area contributed by atoms with Crippen LogP contribution in [0.15, 0.2) is 24.5 Å². The minimum Gasteiger partial charge on any atom is -0.350 e. The van der Waals surface area contributed by atoms with Crippen molar-refractivity contribution in [3.05, 3.63) is 35.9 Å². The quantitative estimate of drug-likeness (QED) is 0.864. The number of rotatable bonds is 5. The Labute approximate surface area is 139 Å². The highest BCUT2D eigenvalue weighted by Gasteiger charge is 2.34. The van der Waals surface area contributed by atoms with Crippen LogP contribution in [0, 0.1) is 5.92 Å². The Kier molecular flexibility index (Phi) is 3.59. The molecular formula is C16H20N6O2. The maximum Gasteiger partial charge on any atom is 0.273 e. The maximum absolute atomic E-state index is 12.3. The largest absolute Gasteiger partial charge is 0.350 e. The molecule has 0 aromatic carbocycles. The lowest BCUT2D eigenvalue weighted by molar-refractivity contribution is 0.0488. The topological polar surface area (TPSA) is 85.0 Å². The molecule has 0 atom stereocenters. The number of hydrogen-bond acceptors (Lipinski definition) is 4. The summed E-state index contributed by atoms with van der Waals surface area (Å²) in [6, 6.07) is 3.74. The van der Waals surface area contributed by atoms with E-state index < -0.39 is 0 Å². The fraction of sp³-hybridized carbons (Fsp3) is 0.500. The molecule has 0 bridgehead atoms. The number of amides is 2. The number of nitrogens with one attached hydrogen (secondary N) is 1. The molecule has 1 saturated heterocycles. The van der Waals surface area contributed by atoms with Gasteiger partial charge in [-0.2, -0.15) is 0 Å². The van der Waals surface area contributed by atoms with E-state index >= 15 is 0 Å². The van der Waals surface area contributed by atoms with Crippen LogP contribution in [-0.4, -0.2) is 55.9 Å². The minimum absolute atomic E-state index is 0.0151. The van der Waals surface area contributed by atoms with E-state index in [-0.39, 0.29) is 17.9 Å². The third-order valence-corrected chi connectivity index (χ3v) is 4.68. The lowest BCUT2D eigenvalue weighted by Gasteiger charge is -2.38. The van der Waals surface area contributed by atoms with Gasteiger partial charge in [0.15, 0.2) is 5.69 Å². The molecule has 4 rings (SSSR count). The average Bonchev–Trinajstić information content (AvgIpc) is 3.05. The second-order valence-corrected chi connectivity index (χ2v) is 6.61. The van der Waals surface area contributed by atoms with Gasteiger partial charge in [0.2, 0.25) is 0 Å². The van der Waals surface area contributed by atoms with E-state index in [1.807, 2.05) is 29.9 Å². The van der Waals surface area contributed by atoms with Gasteiger partial charge in [-0.05, 0) is 30.9 Å². The summed E-state index contributed by atoms with van der Waals surface area (Å²) < 4.78 is 3.49. The summed E-state index contributed by atoms with van der Waals surface area (Å²) in [6.45, 7) is 1.88. The fourth-order valence-electron chi connectivity index (χ4n) is 2.84. The molecule has 0 radical (unpaired) electrons. The minimum atomic E-state index is -0.177. The lowest BCUT2D eigenvalue weighted by atomic mass is 10.1. The van der Waals surface area contributed by atoms with Gasteiger partial charge in [-0.3, -0.25) is 9.59 Å². The number of hydrogen-bond donors (Lipinski definition) is 1. The Bertz CT molecular complexity index is 769. The molecule has 2 aromatic heterocycles. The molecule has 1 N–H and O–H groups in total. The third kappa shape index (κ3) is 2.79. The summed E-state index contributed by atoms with van der Waals surface area (Å²) in [5, 5.41) is 10.9. The second kappa shape index (κ2) is 5.77. The van der Waals surface area contributed by atoms with E-state index in [2.05, 4.69) is 15.6 Å². The van der Waals surface area contributed by atoms with E-state index in [4.69, 9.17) is 0 Å². The molecule has 2 aromatic rings. The molecule has 24 heavy (non-hydrogen) atoms.